The Morgan fingerprint density at radius 3 is 1.08 bits per heavy atom. The summed E-state index contributed by atoms with van der Waals surface area (Å²) in [5.74, 6) is 0. The molecule has 7 nitrogen and oxygen atoms in total. The smallest absolute Gasteiger partial charge is 0.0508 e. The predicted molar refractivity (Wildman–Crippen MR) is 396 cm³/mol. The van der Waals surface area contributed by atoms with Crippen molar-refractivity contribution in [2.24, 2.45) is 0 Å². The van der Waals surface area contributed by atoms with Crippen molar-refractivity contribution in [3.63, 3.8) is 0 Å². The van der Waals surface area contributed by atoms with E-state index in [1.165, 1.54) is 153 Å². The minimum Gasteiger partial charge on any atom is -0.371 e. The molecule has 0 amide bonds. The van der Waals surface area contributed by atoms with E-state index in [0.29, 0.717) is 0 Å². The molecule has 0 bridgehead atoms. The van der Waals surface area contributed by atoms with Gasteiger partial charge in [0.15, 0.2) is 0 Å². The summed E-state index contributed by atoms with van der Waals surface area (Å²) in [6.45, 7) is 35.8. The van der Waals surface area contributed by atoms with E-state index in [2.05, 4.69) is 288 Å². The standard InChI is InChI=1S/C20H26N2.C19H24N2S.C19H23NS.C15H16S.C5H12N2.BrH/c1-16-8-9-18(17(2)14-16)15-19-6-4-5-7-20(19)22-12-10-21(3)11-13-22;1-15-8-9-18(16(2)14-15)22-19-7-5-4-6-17(19)21-12-10-20(3)11-13-21;1-15-10-11-18(16(2)14-15)21-19-9-5-4-8-17(19)20-12-6-3-7-13-20;1-11-8-9-15(13(3)10-11)16-14-7-5-4-6-12(14)2;1-7-4-2-6-3-5-7;/h4-9,14H,10-13,15H2,1-3H3;4-9,14H,10-13H2,1-3H3;4-5,8-11,14H,3,6-7,12-13H2,1-2H3;4-10H,1-3H3;6H,2-5H2,1H3;1H. The Kier molecular flexibility index (Phi) is 29.1. The number of piperazine rings is 3. The van der Waals surface area contributed by atoms with Crippen LogP contribution in [0.2, 0.25) is 0 Å². The van der Waals surface area contributed by atoms with Crippen LogP contribution >= 0.6 is 52.3 Å². The monoisotopic (exact) mass is 1310 g/mol. The van der Waals surface area contributed by atoms with Crippen LogP contribution in [0.4, 0.5) is 17.1 Å². The van der Waals surface area contributed by atoms with Gasteiger partial charge in [-0.1, -0.05) is 173 Å². The highest BCUT2D eigenvalue weighted by molar-refractivity contribution is 8.93. The van der Waals surface area contributed by atoms with Crippen LogP contribution in [0.15, 0.2) is 199 Å². The van der Waals surface area contributed by atoms with Gasteiger partial charge < -0.3 is 34.7 Å². The number of piperidine rings is 1. The molecule has 4 aliphatic rings. The second-order valence-corrected chi connectivity index (χ2v) is 28.0. The minimum absolute atomic E-state index is 0. The lowest BCUT2D eigenvalue weighted by atomic mass is 9.97. The third kappa shape index (κ3) is 22.4. The normalized spacial score (nSPS) is 15.4. The van der Waals surface area contributed by atoms with Crippen LogP contribution in [0.3, 0.4) is 0 Å². The highest BCUT2D eigenvalue weighted by atomic mass is 79.9. The fourth-order valence-electron chi connectivity index (χ4n) is 11.6. The van der Waals surface area contributed by atoms with Gasteiger partial charge in [-0.3, -0.25) is 0 Å². The van der Waals surface area contributed by atoms with E-state index >= 15 is 0 Å². The van der Waals surface area contributed by atoms with Gasteiger partial charge in [0, 0.05) is 127 Å². The Labute approximate surface area is 561 Å². The summed E-state index contributed by atoms with van der Waals surface area (Å²) in [7, 11) is 6.56. The van der Waals surface area contributed by atoms with Crippen molar-refractivity contribution in [2.45, 2.75) is 117 Å². The highest BCUT2D eigenvalue weighted by Gasteiger charge is 2.20. The highest BCUT2D eigenvalue weighted by Crippen LogP contribution is 2.40. The van der Waals surface area contributed by atoms with Crippen LogP contribution in [0.25, 0.3) is 0 Å². The molecule has 0 spiro atoms. The summed E-state index contributed by atoms with van der Waals surface area (Å²) in [5, 5.41) is 3.27. The fourth-order valence-corrected chi connectivity index (χ4v) is 14.7. The van der Waals surface area contributed by atoms with Crippen LogP contribution in [-0.2, 0) is 6.42 Å². The number of hydrogen-bond donors (Lipinski definition) is 1. The van der Waals surface area contributed by atoms with Crippen molar-refractivity contribution in [2.75, 3.05) is 127 Å². The number of rotatable bonds is 11. The quantitative estimate of drug-likeness (QED) is 0.135. The molecule has 11 heteroatoms. The van der Waals surface area contributed by atoms with Crippen LogP contribution in [0.1, 0.15) is 80.5 Å². The second kappa shape index (κ2) is 36.5. The van der Waals surface area contributed by atoms with Crippen molar-refractivity contribution >= 4 is 69.3 Å². The molecule has 0 aromatic heterocycles. The van der Waals surface area contributed by atoms with Gasteiger partial charge in [0.2, 0.25) is 0 Å². The molecule has 0 aliphatic carbocycles. The average molecular weight is 1310 g/mol. The zero-order valence-electron chi connectivity index (χ0n) is 55.7. The van der Waals surface area contributed by atoms with E-state index in [0.717, 1.165) is 71.9 Å². The average Bonchev–Trinajstić information content (AvgIpc) is 2.96. The van der Waals surface area contributed by atoms with Crippen LogP contribution < -0.4 is 20.0 Å². The predicted octanol–water partition coefficient (Wildman–Crippen LogP) is 18.2. The largest absolute Gasteiger partial charge is 0.371 e. The van der Waals surface area contributed by atoms with Crippen molar-refractivity contribution in [3.05, 3.63) is 231 Å². The number of aryl methyl sites for hydroxylation is 9. The molecule has 12 rings (SSSR count). The van der Waals surface area contributed by atoms with Gasteiger partial charge in [0.1, 0.15) is 0 Å². The lowest BCUT2D eigenvalue weighted by Crippen LogP contribution is -2.44. The first-order valence-electron chi connectivity index (χ1n) is 32.2. The Morgan fingerprint density at radius 1 is 0.303 bits per heavy atom. The van der Waals surface area contributed by atoms with E-state index in [-0.39, 0.29) is 17.0 Å². The molecule has 4 saturated heterocycles. The maximum Gasteiger partial charge on any atom is 0.0508 e. The fraction of sp³-hybridized carbons (Fsp3) is 0.385. The number of nitrogens with one attached hydrogen (secondary N) is 1. The zero-order valence-corrected chi connectivity index (χ0v) is 59.9. The topological polar surface area (TPSA) is 31.5 Å². The Bertz CT molecular complexity index is 3320. The van der Waals surface area contributed by atoms with E-state index in [4.69, 9.17) is 0 Å². The SMILES string of the molecule is Br.CN1CCNCC1.Cc1ccc(Cc2ccccc2N2CCN(C)CC2)c(C)c1.Cc1ccc(Sc2ccccc2C)c(C)c1.Cc1ccc(Sc2ccccc2N2CCCCC2)c(C)c1.Cc1ccc(Sc2ccccc2N2CCN(C)CC2)c(C)c1. The van der Waals surface area contributed by atoms with E-state index < -0.39 is 0 Å². The van der Waals surface area contributed by atoms with E-state index in [1.54, 1.807) is 0 Å². The summed E-state index contributed by atoms with van der Waals surface area (Å²) in [6, 6.07) is 61.9. The maximum atomic E-state index is 3.27. The Hall–Kier alpha value is -5.47. The van der Waals surface area contributed by atoms with E-state index in [1.807, 2.05) is 35.3 Å². The van der Waals surface area contributed by atoms with Gasteiger partial charge in [-0.2, -0.15) is 0 Å². The molecule has 1 N–H and O–H groups in total. The molecule has 4 aliphatic heterocycles. The summed E-state index contributed by atoms with van der Waals surface area (Å²) in [5.41, 5.74) is 19.2. The van der Waals surface area contributed by atoms with Crippen LogP contribution in [0, 0.1) is 62.3 Å². The molecule has 0 radical (unpaired) electrons. The van der Waals surface area contributed by atoms with Gasteiger partial charge in [-0.05, 0) is 203 Å². The molecule has 89 heavy (non-hydrogen) atoms. The van der Waals surface area contributed by atoms with Crippen molar-refractivity contribution in [3.8, 4) is 0 Å². The van der Waals surface area contributed by atoms with Gasteiger partial charge >= 0.3 is 0 Å². The van der Waals surface area contributed by atoms with Crippen LogP contribution in [0.5, 0.6) is 0 Å². The van der Waals surface area contributed by atoms with Crippen molar-refractivity contribution < 1.29 is 0 Å². The molecule has 0 unspecified atom stereocenters. The molecule has 0 atom stereocenters. The van der Waals surface area contributed by atoms with E-state index in [9.17, 15) is 0 Å². The first kappa shape index (κ1) is 71.0. The van der Waals surface area contributed by atoms with Gasteiger partial charge in [-0.25, -0.2) is 0 Å². The van der Waals surface area contributed by atoms with Gasteiger partial charge in [0.25, 0.3) is 0 Å². The molecule has 8 aromatic rings. The van der Waals surface area contributed by atoms with Gasteiger partial charge in [0.05, 0.1) is 11.4 Å². The number of nitrogens with zero attached hydrogens (tertiary/aromatic N) is 6. The molecule has 8 aromatic carbocycles. The number of halogens is 1. The van der Waals surface area contributed by atoms with Crippen molar-refractivity contribution in [1.29, 1.82) is 0 Å². The number of benzene rings is 8. The first-order valence-corrected chi connectivity index (χ1v) is 34.7. The Morgan fingerprint density at radius 2 is 0.652 bits per heavy atom. The van der Waals surface area contributed by atoms with Crippen molar-refractivity contribution in [1.82, 2.24) is 20.0 Å². The molecule has 4 heterocycles. The lowest BCUT2D eigenvalue weighted by Gasteiger charge is -2.35. The number of hydrogen-bond acceptors (Lipinski definition) is 10. The molecule has 4 fully saturated rings. The maximum absolute atomic E-state index is 3.27. The summed E-state index contributed by atoms with van der Waals surface area (Å²) in [6.07, 6.45) is 5.04. The summed E-state index contributed by atoms with van der Waals surface area (Å²) < 4.78 is 0. The number of para-hydroxylation sites is 3. The molecule has 0 saturated carbocycles. The molecular weight excluding hydrogens is 1210 g/mol. The van der Waals surface area contributed by atoms with Crippen LogP contribution in [-0.4, -0.2) is 127 Å². The minimum atomic E-state index is 0. The molecule has 474 valence electrons. The number of likely N-dealkylation sites (N-methyl/N-ethyl adjacent to an activating group) is 3. The summed E-state index contributed by atoms with van der Waals surface area (Å²) in [4.78, 5) is 22.9. The third-order valence-corrected chi connectivity index (χ3v) is 20.9. The third-order valence-electron chi connectivity index (χ3n) is 17.1. The zero-order chi connectivity index (χ0) is 62.4. The second-order valence-electron chi connectivity index (χ2n) is 24.7. The number of anilines is 3. The van der Waals surface area contributed by atoms with Gasteiger partial charge in [-0.15, -0.1) is 17.0 Å². The lowest BCUT2D eigenvalue weighted by molar-refractivity contribution is 0.291. The summed E-state index contributed by atoms with van der Waals surface area (Å²) >= 11 is 5.64. The Balaban J connectivity index is 0.000000163. The first-order chi connectivity index (χ1) is 42.6. The molecular formula is C78H102BrN7S3.